The molecule has 1 rings (SSSR count). The summed E-state index contributed by atoms with van der Waals surface area (Å²) in [5.74, 6) is 0. The first-order valence-corrected chi connectivity index (χ1v) is 4.90. The van der Waals surface area contributed by atoms with E-state index in [4.69, 9.17) is 5.73 Å². The van der Waals surface area contributed by atoms with Crippen LogP contribution in [0.4, 0.5) is 5.69 Å². The summed E-state index contributed by atoms with van der Waals surface area (Å²) in [5.41, 5.74) is 10.6. The van der Waals surface area contributed by atoms with Crippen LogP contribution in [0.25, 0.3) is 6.08 Å². The van der Waals surface area contributed by atoms with Gasteiger partial charge in [-0.05, 0) is 29.0 Å². The number of hydrogen-bond acceptors (Lipinski definition) is 1. The normalized spacial score (nSPS) is 11.4. The molecule has 0 atom stereocenters. The van der Waals surface area contributed by atoms with E-state index in [1.165, 1.54) is 11.1 Å². The van der Waals surface area contributed by atoms with Crippen molar-refractivity contribution in [1.82, 2.24) is 0 Å². The van der Waals surface area contributed by atoms with Crippen LogP contribution in [0.1, 0.15) is 37.5 Å². The zero-order chi connectivity index (χ0) is 10.9. The van der Waals surface area contributed by atoms with Crippen LogP contribution in [0.5, 0.6) is 0 Å². The Labute approximate surface area is 86.6 Å². The maximum Gasteiger partial charge on any atom is 0.0428 e. The summed E-state index contributed by atoms with van der Waals surface area (Å²) in [6, 6.07) is 4.13. The second-order valence-electron chi connectivity index (χ2n) is 4.71. The fourth-order valence-corrected chi connectivity index (χ4v) is 1.92. The Hall–Kier alpha value is -1.24. The van der Waals surface area contributed by atoms with Crippen LogP contribution >= 0.6 is 0 Å². The van der Waals surface area contributed by atoms with Gasteiger partial charge < -0.3 is 5.73 Å². The molecule has 0 saturated carbocycles. The third-order valence-electron chi connectivity index (χ3n) is 2.46. The molecule has 0 aliphatic carbocycles. The van der Waals surface area contributed by atoms with Crippen molar-refractivity contribution in [1.29, 1.82) is 0 Å². The van der Waals surface area contributed by atoms with Gasteiger partial charge in [0.2, 0.25) is 0 Å². The summed E-state index contributed by atoms with van der Waals surface area (Å²) in [4.78, 5) is 0. The van der Waals surface area contributed by atoms with Crippen LogP contribution in [-0.2, 0) is 5.41 Å². The lowest BCUT2D eigenvalue weighted by Crippen LogP contribution is -2.16. The quantitative estimate of drug-likeness (QED) is 0.672. The molecule has 1 aromatic rings. The number of nitrogens with two attached hydrogens (primary N) is 1. The highest BCUT2D eigenvalue weighted by atomic mass is 14.6. The van der Waals surface area contributed by atoms with Gasteiger partial charge in [0.25, 0.3) is 0 Å². The van der Waals surface area contributed by atoms with Crippen LogP contribution < -0.4 is 5.73 Å². The van der Waals surface area contributed by atoms with Gasteiger partial charge in [0.05, 0.1) is 0 Å². The highest BCUT2D eigenvalue weighted by Gasteiger charge is 2.20. The molecule has 0 spiro atoms. The average Bonchev–Trinajstić information content (AvgIpc) is 2.02. The van der Waals surface area contributed by atoms with E-state index in [0.717, 1.165) is 11.3 Å². The molecule has 2 N–H and O–H groups in total. The van der Waals surface area contributed by atoms with E-state index in [-0.39, 0.29) is 5.41 Å². The van der Waals surface area contributed by atoms with Crippen LogP contribution in [0.2, 0.25) is 0 Å². The van der Waals surface area contributed by atoms with Gasteiger partial charge in [-0.15, -0.1) is 0 Å². The molecule has 0 aliphatic rings. The fourth-order valence-electron chi connectivity index (χ4n) is 1.92. The van der Waals surface area contributed by atoms with Crippen molar-refractivity contribution in [2.24, 2.45) is 0 Å². The maximum absolute atomic E-state index is 6.11. The van der Waals surface area contributed by atoms with Crippen LogP contribution in [0, 0.1) is 6.92 Å². The number of benzene rings is 1. The molecular formula is C13H19N. The summed E-state index contributed by atoms with van der Waals surface area (Å²) in [5, 5.41) is 0. The van der Waals surface area contributed by atoms with Crippen LogP contribution in [0.3, 0.4) is 0 Å². The molecule has 0 fully saturated rings. The topological polar surface area (TPSA) is 26.0 Å². The van der Waals surface area contributed by atoms with Crippen LogP contribution in [0.15, 0.2) is 18.7 Å². The van der Waals surface area contributed by atoms with Gasteiger partial charge in [0.1, 0.15) is 0 Å². The van der Waals surface area contributed by atoms with Crippen molar-refractivity contribution in [3.05, 3.63) is 35.4 Å². The molecule has 0 heterocycles. The maximum atomic E-state index is 6.11. The molecule has 1 nitrogen and oxygen atoms in total. The lowest BCUT2D eigenvalue weighted by atomic mass is 9.82. The number of anilines is 1. The lowest BCUT2D eigenvalue weighted by molar-refractivity contribution is 0.588. The Morgan fingerprint density at radius 3 is 2.29 bits per heavy atom. The monoisotopic (exact) mass is 189 g/mol. The number of rotatable bonds is 1. The van der Waals surface area contributed by atoms with Gasteiger partial charge in [0.15, 0.2) is 0 Å². The molecule has 1 heteroatoms. The molecule has 0 saturated heterocycles. The molecule has 0 aromatic heterocycles. The number of aryl methyl sites for hydroxylation is 1. The Bertz CT molecular complexity index is 356. The number of nitrogen functional groups attached to an aromatic ring is 1. The molecule has 0 unspecified atom stereocenters. The van der Waals surface area contributed by atoms with E-state index in [1.54, 1.807) is 0 Å². The first-order valence-electron chi connectivity index (χ1n) is 4.90. The second-order valence-corrected chi connectivity index (χ2v) is 4.71. The minimum Gasteiger partial charge on any atom is -0.398 e. The summed E-state index contributed by atoms with van der Waals surface area (Å²) in [7, 11) is 0. The van der Waals surface area contributed by atoms with Crippen molar-refractivity contribution in [3.63, 3.8) is 0 Å². The standard InChI is InChI=1S/C13H19N/c1-6-10-8-7-9(2)11(12(10)14)13(3,4)5/h6-8H,1,14H2,2-5H3. The van der Waals surface area contributed by atoms with Crippen molar-refractivity contribution >= 4 is 11.8 Å². The lowest BCUT2D eigenvalue weighted by Gasteiger charge is -2.24. The van der Waals surface area contributed by atoms with Crippen molar-refractivity contribution in [2.45, 2.75) is 33.1 Å². The van der Waals surface area contributed by atoms with Crippen molar-refractivity contribution in [2.75, 3.05) is 5.73 Å². The first-order chi connectivity index (χ1) is 6.38. The van der Waals surface area contributed by atoms with Crippen molar-refractivity contribution < 1.29 is 0 Å². The highest BCUT2D eigenvalue weighted by molar-refractivity contribution is 5.69. The Morgan fingerprint density at radius 1 is 1.29 bits per heavy atom. The third-order valence-corrected chi connectivity index (χ3v) is 2.46. The molecular weight excluding hydrogens is 170 g/mol. The predicted octanol–water partition coefficient (Wildman–Crippen LogP) is 3.52. The van der Waals surface area contributed by atoms with E-state index >= 15 is 0 Å². The largest absolute Gasteiger partial charge is 0.398 e. The van der Waals surface area contributed by atoms with Gasteiger partial charge in [-0.3, -0.25) is 0 Å². The van der Waals surface area contributed by atoms with Gasteiger partial charge >= 0.3 is 0 Å². The molecule has 0 bridgehead atoms. The van der Waals surface area contributed by atoms with Gasteiger partial charge in [0, 0.05) is 5.69 Å². The second kappa shape index (κ2) is 3.49. The molecule has 14 heavy (non-hydrogen) atoms. The SMILES string of the molecule is C=Cc1ccc(C)c(C(C)(C)C)c1N. The fraction of sp³-hybridized carbons (Fsp3) is 0.385. The third kappa shape index (κ3) is 1.82. The average molecular weight is 189 g/mol. The zero-order valence-electron chi connectivity index (χ0n) is 9.52. The summed E-state index contributed by atoms with van der Waals surface area (Å²) in [6.07, 6.45) is 1.81. The minimum absolute atomic E-state index is 0.0905. The molecule has 1 aromatic carbocycles. The van der Waals surface area contributed by atoms with E-state index < -0.39 is 0 Å². The molecule has 76 valence electrons. The van der Waals surface area contributed by atoms with E-state index in [9.17, 15) is 0 Å². The minimum atomic E-state index is 0.0905. The smallest absolute Gasteiger partial charge is 0.0428 e. The first kappa shape index (κ1) is 10.8. The predicted molar refractivity (Wildman–Crippen MR) is 64.4 cm³/mol. The Balaban J connectivity index is 3.48. The molecule has 0 amide bonds. The van der Waals surface area contributed by atoms with Crippen LogP contribution in [-0.4, -0.2) is 0 Å². The molecule has 0 aliphatic heterocycles. The van der Waals surface area contributed by atoms with Gasteiger partial charge in [-0.1, -0.05) is 45.6 Å². The summed E-state index contributed by atoms with van der Waals surface area (Å²) >= 11 is 0. The van der Waals surface area contributed by atoms with Gasteiger partial charge in [-0.2, -0.15) is 0 Å². The van der Waals surface area contributed by atoms with E-state index in [0.29, 0.717) is 0 Å². The Morgan fingerprint density at radius 2 is 1.86 bits per heavy atom. The van der Waals surface area contributed by atoms with Crippen molar-refractivity contribution in [3.8, 4) is 0 Å². The van der Waals surface area contributed by atoms with E-state index in [1.807, 2.05) is 12.1 Å². The summed E-state index contributed by atoms with van der Waals surface area (Å²) in [6.45, 7) is 12.4. The van der Waals surface area contributed by atoms with E-state index in [2.05, 4.69) is 40.3 Å². The summed E-state index contributed by atoms with van der Waals surface area (Å²) < 4.78 is 0. The Kier molecular flexibility index (Phi) is 2.70. The zero-order valence-corrected chi connectivity index (χ0v) is 9.52. The highest BCUT2D eigenvalue weighted by Crippen LogP contribution is 2.33. The number of hydrogen-bond donors (Lipinski definition) is 1. The van der Waals surface area contributed by atoms with Gasteiger partial charge in [-0.25, -0.2) is 0 Å². The molecule has 0 radical (unpaired) electrons.